The van der Waals surface area contributed by atoms with E-state index in [1.165, 1.54) is 6.92 Å². The fourth-order valence-corrected chi connectivity index (χ4v) is 0.700. The zero-order valence-electron chi connectivity index (χ0n) is 6.43. The molecule has 60 valence electrons. The summed E-state index contributed by atoms with van der Waals surface area (Å²) in [6, 6.07) is 0. The number of aryl methyl sites for hydroxylation is 1. The average molecular weight is 154 g/mol. The summed E-state index contributed by atoms with van der Waals surface area (Å²) in [6.07, 6.45) is 0. The van der Waals surface area contributed by atoms with E-state index < -0.39 is 0 Å². The highest BCUT2D eigenvalue weighted by molar-refractivity contribution is 5.90. The van der Waals surface area contributed by atoms with Gasteiger partial charge in [-0.1, -0.05) is 0 Å². The van der Waals surface area contributed by atoms with Crippen LogP contribution in [0.15, 0.2) is 0 Å². The van der Waals surface area contributed by atoms with Crippen LogP contribution >= 0.6 is 0 Å². The van der Waals surface area contributed by atoms with Gasteiger partial charge in [-0.2, -0.15) is 5.10 Å². The number of H-pyrrole nitrogens is 1. The second-order valence-corrected chi connectivity index (χ2v) is 2.29. The summed E-state index contributed by atoms with van der Waals surface area (Å²) < 4.78 is 0. The number of carbonyl (C=O) groups is 1. The van der Waals surface area contributed by atoms with E-state index in [-0.39, 0.29) is 5.91 Å². The summed E-state index contributed by atoms with van der Waals surface area (Å²) in [5.74, 6) is 0.221. The van der Waals surface area contributed by atoms with E-state index in [1.807, 2.05) is 0 Å². The van der Waals surface area contributed by atoms with Gasteiger partial charge in [0.05, 0.1) is 11.4 Å². The molecule has 0 fully saturated rings. The molecule has 5 heteroatoms. The normalized spacial score (nSPS) is 9.64. The maximum Gasteiger partial charge on any atom is 0.222 e. The highest BCUT2D eigenvalue weighted by Crippen LogP contribution is 2.17. The highest BCUT2D eigenvalue weighted by Gasteiger charge is 2.06. The fraction of sp³-hybridized carbons (Fsp3) is 0.333. The Hall–Kier alpha value is -1.52. The van der Waals surface area contributed by atoms with Crippen LogP contribution in [0.3, 0.4) is 0 Å². The van der Waals surface area contributed by atoms with Crippen LogP contribution in [0.25, 0.3) is 0 Å². The Morgan fingerprint density at radius 2 is 2.36 bits per heavy atom. The number of nitrogens with zero attached hydrogens (tertiary/aromatic N) is 1. The van der Waals surface area contributed by atoms with Crippen LogP contribution in [0, 0.1) is 6.92 Å². The van der Waals surface area contributed by atoms with Crippen molar-refractivity contribution in [2.75, 3.05) is 11.1 Å². The van der Waals surface area contributed by atoms with E-state index >= 15 is 0 Å². The molecule has 0 aliphatic heterocycles. The SMILES string of the molecule is CC(=O)Nc1n[nH]c(C)c1N. The van der Waals surface area contributed by atoms with Crippen LogP contribution in [0.5, 0.6) is 0 Å². The number of hydrogen-bond donors (Lipinski definition) is 3. The van der Waals surface area contributed by atoms with Gasteiger partial charge in [-0.15, -0.1) is 0 Å². The van der Waals surface area contributed by atoms with Gasteiger partial charge in [-0.3, -0.25) is 9.89 Å². The van der Waals surface area contributed by atoms with Crippen LogP contribution < -0.4 is 11.1 Å². The third kappa shape index (κ3) is 1.49. The smallest absolute Gasteiger partial charge is 0.222 e. The molecule has 0 aliphatic carbocycles. The summed E-state index contributed by atoms with van der Waals surface area (Å²) in [4.78, 5) is 10.6. The van der Waals surface area contributed by atoms with E-state index in [9.17, 15) is 4.79 Å². The topological polar surface area (TPSA) is 83.8 Å². The second kappa shape index (κ2) is 2.61. The first-order valence-corrected chi connectivity index (χ1v) is 3.19. The molecule has 1 rings (SSSR count). The zero-order valence-corrected chi connectivity index (χ0v) is 6.43. The Morgan fingerprint density at radius 1 is 1.73 bits per heavy atom. The van der Waals surface area contributed by atoms with Crippen LogP contribution in [0.4, 0.5) is 11.5 Å². The van der Waals surface area contributed by atoms with E-state index in [0.29, 0.717) is 11.5 Å². The maximum absolute atomic E-state index is 10.6. The van der Waals surface area contributed by atoms with E-state index in [0.717, 1.165) is 5.69 Å². The Balaban J connectivity index is 2.87. The van der Waals surface area contributed by atoms with Crippen molar-refractivity contribution in [3.05, 3.63) is 5.69 Å². The molecular formula is C6H10N4O. The molecule has 0 saturated carbocycles. The number of nitrogens with two attached hydrogens (primary N) is 1. The minimum Gasteiger partial charge on any atom is -0.394 e. The molecule has 0 unspecified atom stereocenters. The quantitative estimate of drug-likeness (QED) is 0.542. The predicted molar refractivity (Wildman–Crippen MR) is 42.0 cm³/mol. The summed E-state index contributed by atoms with van der Waals surface area (Å²) in [7, 11) is 0. The molecule has 5 nitrogen and oxygen atoms in total. The molecule has 1 aromatic rings. The van der Waals surface area contributed by atoms with Crippen molar-refractivity contribution in [3.8, 4) is 0 Å². The third-order valence-electron chi connectivity index (χ3n) is 1.29. The summed E-state index contributed by atoms with van der Waals surface area (Å²) in [6.45, 7) is 3.19. The van der Waals surface area contributed by atoms with Crippen LogP contribution in [0.2, 0.25) is 0 Å². The standard InChI is InChI=1S/C6H10N4O/c1-3-5(7)6(10-9-3)8-4(2)11/h7H2,1-2H3,(H2,8,9,10,11). The van der Waals surface area contributed by atoms with Crippen LogP contribution in [-0.4, -0.2) is 16.1 Å². The number of carbonyl (C=O) groups excluding carboxylic acids is 1. The number of hydrogen-bond acceptors (Lipinski definition) is 3. The van der Waals surface area contributed by atoms with Gasteiger partial charge >= 0.3 is 0 Å². The second-order valence-electron chi connectivity index (χ2n) is 2.29. The number of aromatic nitrogens is 2. The lowest BCUT2D eigenvalue weighted by molar-refractivity contribution is -0.114. The van der Waals surface area contributed by atoms with Gasteiger partial charge < -0.3 is 11.1 Å². The molecule has 0 atom stereocenters. The molecule has 0 spiro atoms. The third-order valence-corrected chi connectivity index (χ3v) is 1.29. The van der Waals surface area contributed by atoms with Crippen molar-refractivity contribution in [3.63, 3.8) is 0 Å². The largest absolute Gasteiger partial charge is 0.394 e. The van der Waals surface area contributed by atoms with Gasteiger partial charge in [0.1, 0.15) is 0 Å². The molecule has 0 aliphatic rings. The molecule has 1 aromatic heterocycles. The lowest BCUT2D eigenvalue weighted by Gasteiger charge is -1.96. The van der Waals surface area contributed by atoms with Gasteiger partial charge in [-0.25, -0.2) is 0 Å². The number of anilines is 2. The monoisotopic (exact) mass is 154 g/mol. The zero-order chi connectivity index (χ0) is 8.43. The summed E-state index contributed by atoms with van der Waals surface area (Å²) in [5.41, 5.74) is 6.79. The molecule has 0 bridgehead atoms. The summed E-state index contributed by atoms with van der Waals surface area (Å²) >= 11 is 0. The lowest BCUT2D eigenvalue weighted by atomic mass is 10.4. The average Bonchev–Trinajstić information content (AvgIpc) is 2.18. The highest BCUT2D eigenvalue weighted by atomic mass is 16.1. The lowest BCUT2D eigenvalue weighted by Crippen LogP contribution is -2.07. The Bertz CT molecular complexity index is 278. The minimum absolute atomic E-state index is 0.178. The van der Waals surface area contributed by atoms with E-state index in [1.54, 1.807) is 6.92 Å². The van der Waals surface area contributed by atoms with Crippen molar-refractivity contribution < 1.29 is 4.79 Å². The molecular weight excluding hydrogens is 144 g/mol. The number of nitrogen functional groups attached to an aromatic ring is 1. The number of aromatic amines is 1. The van der Waals surface area contributed by atoms with Crippen LogP contribution in [0.1, 0.15) is 12.6 Å². The molecule has 0 radical (unpaired) electrons. The van der Waals surface area contributed by atoms with Crippen molar-refractivity contribution >= 4 is 17.4 Å². The first-order chi connectivity index (χ1) is 5.11. The molecule has 1 amide bonds. The summed E-state index contributed by atoms with van der Waals surface area (Å²) in [5, 5.41) is 8.91. The van der Waals surface area contributed by atoms with E-state index in [4.69, 9.17) is 5.73 Å². The Morgan fingerprint density at radius 3 is 2.73 bits per heavy atom. The minimum atomic E-state index is -0.178. The molecule has 0 aromatic carbocycles. The number of rotatable bonds is 1. The van der Waals surface area contributed by atoms with Crippen LogP contribution in [-0.2, 0) is 4.79 Å². The predicted octanol–water partition coefficient (Wildman–Crippen LogP) is 0.259. The maximum atomic E-state index is 10.6. The van der Waals surface area contributed by atoms with Gasteiger partial charge in [0.25, 0.3) is 0 Å². The Kier molecular flexibility index (Phi) is 1.80. The van der Waals surface area contributed by atoms with Crippen molar-refractivity contribution in [2.24, 2.45) is 0 Å². The van der Waals surface area contributed by atoms with Crippen molar-refractivity contribution in [1.29, 1.82) is 0 Å². The first kappa shape index (κ1) is 7.59. The molecule has 11 heavy (non-hydrogen) atoms. The van der Waals surface area contributed by atoms with Gasteiger partial charge in [0, 0.05) is 6.92 Å². The molecule has 1 heterocycles. The molecule has 0 saturated heterocycles. The van der Waals surface area contributed by atoms with Gasteiger partial charge in [-0.05, 0) is 6.92 Å². The van der Waals surface area contributed by atoms with Gasteiger partial charge in [0.2, 0.25) is 5.91 Å². The molecule has 4 N–H and O–H groups in total. The fourth-order valence-electron chi connectivity index (χ4n) is 0.700. The first-order valence-electron chi connectivity index (χ1n) is 3.19. The number of nitrogens with one attached hydrogen (secondary N) is 2. The van der Waals surface area contributed by atoms with Gasteiger partial charge in [0.15, 0.2) is 5.82 Å². The van der Waals surface area contributed by atoms with E-state index in [2.05, 4.69) is 15.5 Å². The Labute approximate surface area is 64.0 Å². The van der Waals surface area contributed by atoms with Crippen molar-refractivity contribution in [2.45, 2.75) is 13.8 Å². The van der Waals surface area contributed by atoms with Crippen molar-refractivity contribution in [1.82, 2.24) is 10.2 Å². The number of amides is 1.